The van der Waals surface area contributed by atoms with Crippen molar-refractivity contribution in [2.75, 3.05) is 7.11 Å². The van der Waals surface area contributed by atoms with Gasteiger partial charge in [-0.25, -0.2) is 4.98 Å². The van der Waals surface area contributed by atoms with Crippen molar-refractivity contribution in [2.45, 2.75) is 20.8 Å². The van der Waals surface area contributed by atoms with Crippen molar-refractivity contribution in [3.8, 4) is 16.3 Å². The highest BCUT2D eigenvalue weighted by molar-refractivity contribution is 7.13. The second kappa shape index (κ2) is 4.67. The average molecular weight is 268 g/mol. The lowest BCUT2D eigenvalue weighted by molar-refractivity contribution is 0.412. The molecule has 0 aliphatic carbocycles. The second-order valence-corrected chi connectivity index (χ2v) is 5.26. The van der Waals surface area contributed by atoms with Crippen LogP contribution in [-0.4, -0.2) is 12.1 Å². The minimum absolute atomic E-state index is 0.532. The first-order valence-electron chi connectivity index (χ1n) is 5.30. The molecule has 90 valence electrons. The molecular weight excluding hydrogens is 254 g/mol. The highest BCUT2D eigenvalue weighted by Crippen LogP contribution is 2.39. The van der Waals surface area contributed by atoms with Gasteiger partial charge in [-0.3, -0.25) is 0 Å². The monoisotopic (exact) mass is 267 g/mol. The molecule has 0 saturated carbocycles. The third-order valence-electron chi connectivity index (χ3n) is 2.88. The molecule has 1 aromatic heterocycles. The summed E-state index contributed by atoms with van der Waals surface area (Å²) in [6.07, 6.45) is 0. The Kier molecular flexibility index (Phi) is 3.40. The predicted octanol–water partition coefficient (Wildman–Crippen LogP) is 4.40. The molecular formula is C13H14ClNOS. The minimum atomic E-state index is 0.532. The average Bonchev–Trinajstić information content (AvgIpc) is 2.69. The topological polar surface area (TPSA) is 22.1 Å². The van der Waals surface area contributed by atoms with Gasteiger partial charge < -0.3 is 4.74 Å². The van der Waals surface area contributed by atoms with Gasteiger partial charge in [0.15, 0.2) is 0 Å². The van der Waals surface area contributed by atoms with Crippen LogP contribution < -0.4 is 4.74 Å². The summed E-state index contributed by atoms with van der Waals surface area (Å²) >= 11 is 7.43. The van der Waals surface area contributed by atoms with Gasteiger partial charge in [0.25, 0.3) is 0 Å². The molecule has 0 fully saturated rings. The number of methoxy groups -OCH3 is 1. The number of hydrogen-bond donors (Lipinski definition) is 0. The van der Waals surface area contributed by atoms with Gasteiger partial charge in [0, 0.05) is 5.38 Å². The van der Waals surface area contributed by atoms with E-state index in [4.69, 9.17) is 16.3 Å². The van der Waals surface area contributed by atoms with Crippen molar-refractivity contribution < 1.29 is 4.74 Å². The fourth-order valence-electron chi connectivity index (χ4n) is 1.94. The summed E-state index contributed by atoms with van der Waals surface area (Å²) in [6.45, 7) is 6.22. The number of thiazole rings is 1. The van der Waals surface area contributed by atoms with Gasteiger partial charge in [-0.15, -0.1) is 11.3 Å². The second-order valence-electron chi connectivity index (χ2n) is 4.02. The zero-order valence-electron chi connectivity index (χ0n) is 10.3. The Bertz CT molecular complexity index is 563. The number of ether oxygens (including phenoxy) is 1. The van der Waals surface area contributed by atoms with E-state index in [0.29, 0.717) is 5.15 Å². The zero-order valence-corrected chi connectivity index (χ0v) is 11.9. The molecule has 0 aliphatic heterocycles. The molecule has 0 spiro atoms. The van der Waals surface area contributed by atoms with Gasteiger partial charge in [-0.1, -0.05) is 17.7 Å². The van der Waals surface area contributed by atoms with Crippen molar-refractivity contribution in [3.05, 3.63) is 33.3 Å². The highest BCUT2D eigenvalue weighted by atomic mass is 35.5. The Labute approximate surface area is 110 Å². The summed E-state index contributed by atoms with van der Waals surface area (Å²) in [7, 11) is 1.69. The van der Waals surface area contributed by atoms with Gasteiger partial charge >= 0.3 is 0 Å². The summed E-state index contributed by atoms with van der Waals surface area (Å²) < 4.78 is 5.53. The van der Waals surface area contributed by atoms with Gasteiger partial charge in [-0.05, 0) is 37.5 Å². The standard InChI is InChI=1S/C13H14ClNOS/c1-7-5-8(2)11(12(16-4)9(7)3)13-15-10(14)6-17-13/h5-6H,1-4H3. The van der Waals surface area contributed by atoms with Crippen LogP contribution in [0.15, 0.2) is 11.4 Å². The van der Waals surface area contributed by atoms with Crippen LogP contribution in [0, 0.1) is 20.8 Å². The van der Waals surface area contributed by atoms with E-state index in [1.165, 1.54) is 16.9 Å². The smallest absolute Gasteiger partial charge is 0.140 e. The number of aryl methyl sites for hydroxylation is 2. The first-order valence-corrected chi connectivity index (χ1v) is 6.56. The maximum atomic E-state index is 5.89. The molecule has 0 bridgehead atoms. The van der Waals surface area contributed by atoms with Crippen molar-refractivity contribution in [1.82, 2.24) is 4.98 Å². The lowest BCUT2D eigenvalue weighted by Gasteiger charge is -2.14. The van der Waals surface area contributed by atoms with E-state index in [9.17, 15) is 0 Å². The van der Waals surface area contributed by atoms with Gasteiger partial charge in [0.05, 0.1) is 12.7 Å². The normalized spacial score (nSPS) is 10.6. The van der Waals surface area contributed by atoms with Crippen LogP contribution in [0.4, 0.5) is 0 Å². The quantitative estimate of drug-likeness (QED) is 0.805. The van der Waals surface area contributed by atoms with Crippen molar-refractivity contribution in [2.24, 2.45) is 0 Å². The number of nitrogens with zero attached hydrogens (tertiary/aromatic N) is 1. The third-order valence-corrected chi connectivity index (χ3v) is 4.06. The molecule has 4 heteroatoms. The molecule has 17 heavy (non-hydrogen) atoms. The summed E-state index contributed by atoms with van der Waals surface area (Å²) in [4.78, 5) is 4.33. The number of rotatable bonds is 2. The molecule has 0 radical (unpaired) electrons. The fraction of sp³-hybridized carbons (Fsp3) is 0.308. The molecule has 2 rings (SSSR count). The first kappa shape index (κ1) is 12.4. The fourth-order valence-corrected chi connectivity index (χ4v) is 2.99. The lowest BCUT2D eigenvalue weighted by atomic mass is 9.99. The largest absolute Gasteiger partial charge is 0.496 e. The molecule has 0 aliphatic rings. The lowest BCUT2D eigenvalue weighted by Crippen LogP contribution is -1.96. The van der Waals surface area contributed by atoms with Crippen LogP contribution in [0.1, 0.15) is 16.7 Å². The molecule has 0 saturated heterocycles. The molecule has 0 amide bonds. The highest BCUT2D eigenvalue weighted by Gasteiger charge is 2.16. The molecule has 0 unspecified atom stereocenters. The maximum absolute atomic E-state index is 5.89. The van der Waals surface area contributed by atoms with Gasteiger partial charge in [0.1, 0.15) is 15.9 Å². The third kappa shape index (κ3) is 2.17. The SMILES string of the molecule is COc1c(C)c(C)cc(C)c1-c1nc(Cl)cs1. The van der Waals surface area contributed by atoms with E-state index in [-0.39, 0.29) is 0 Å². The van der Waals surface area contributed by atoms with Gasteiger partial charge in [0.2, 0.25) is 0 Å². The molecule has 2 nitrogen and oxygen atoms in total. The van der Waals surface area contributed by atoms with Crippen LogP contribution in [-0.2, 0) is 0 Å². The van der Waals surface area contributed by atoms with Gasteiger partial charge in [-0.2, -0.15) is 0 Å². The number of hydrogen-bond acceptors (Lipinski definition) is 3. The van der Waals surface area contributed by atoms with E-state index in [0.717, 1.165) is 27.4 Å². The number of aromatic nitrogens is 1. The van der Waals surface area contributed by atoms with Crippen molar-refractivity contribution >= 4 is 22.9 Å². The molecule has 0 atom stereocenters. The van der Waals surface area contributed by atoms with Crippen LogP contribution in [0.25, 0.3) is 10.6 Å². The minimum Gasteiger partial charge on any atom is -0.496 e. The zero-order chi connectivity index (χ0) is 12.6. The maximum Gasteiger partial charge on any atom is 0.140 e. The Morgan fingerprint density at radius 1 is 1.24 bits per heavy atom. The Morgan fingerprint density at radius 3 is 2.47 bits per heavy atom. The van der Waals surface area contributed by atoms with E-state index < -0.39 is 0 Å². The Hall–Kier alpha value is -1.06. The van der Waals surface area contributed by atoms with Crippen LogP contribution >= 0.6 is 22.9 Å². The predicted molar refractivity (Wildman–Crippen MR) is 73.3 cm³/mol. The van der Waals surface area contributed by atoms with Crippen LogP contribution in [0.3, 0.4) is 0 Å². The summed E-state index contributed by atoms with van der Waals surface area (Å²) in [5.74, 6) is 0.897. The first-order chi connectivity index (χ1) is 8.04. The Balaban J connectivity index is 2.72. The summed E-state index contributed by atoms with van der Waals surface area (Å²) in [5, 5.41) is 3.28. The molecule has 2 aromatic rings. The van der Waals surface area contributed by atoms with Crippen molar-refractivity contribution in [3.63, 3.8) is 0 Å². The van der Waals surface area contributed by atoms with E-state index in [1.54, 1.807) is 7.11 Å². The molecule has 1 heterocycles. The van der Waals surface area contributed by atoms with E-state index >= 15 is 0 Å². The van der Waals surface area contributed by atoms with Crippen LogP contribution in [0.2, 0.25) is 5.15 Å². The molecule has 0 N–H and O–H groups in total. The summed E-state index contributed by atoms with van der Waals surface area (Å²) in [5.41, 5.74) is 4.59. The summed E-state index contributed by atoms with van der Waals surface area (Å²) in [6, 6.07) is 2.16. The molecule has 1 aromatic carbocycles. The van der Waals surface area contributed by atoms with E-state index in [2.05, 4.69) is 31.8 Å². The van der Waals surface area contributed by atoms with Crippen molar-refractivity contribution in [1.29, 1.82) is 0 Å². The Morgan fingerprint density at radius 2 is 1.94 bits per heavy atom. The van der Waals surface area contributed by atoms with E-state index in [1.807, 2.05) is 5.38 Å². The number of halogens is 1. The number of benzene rings is 1. The van der Waals surface area contributed by atoms with Crippen LogP contribution in [0.5, 0.6) is 5.75 Å².